The van der Waals surface area contributed by atoms with Crippen LogP contribution in [0.3, 0.4) is 0 Å². The molecule has 0 saturated carbocycles. The van der Waals surface area contributed by atoms with E-state index < -0.39 is 18.1 Å². The van der Waals surface area contributed by atoms with Gasteiger partial charge in [-0.1, -0.05) is 12.1 Å². The van der Waals surface area contributed by atoms with Crippen molar-refractivity contribution in [2.45, 2.75) is 25.6 Å². The summed E-state index contributed by atoms with van der Waals surface area (Å²) in [5.74, 6) is -0.355. The Morgan fingerprint density at radius 1 is 0.879 bits per heavy atom. The second kappa shape index (κ2) is 9.03. The summed E-state index contributed by atoms with van der Waals surface area (Å²) in [5, 5.41) is 7.57. The molecular weight excluding hydrogens is 466 g/mol. The molecule has 0 bridgehead atoms. The lowest BCUT2D eigenvalue weighted by atomic mass is 10.0. The molecule has 0 fully saturated rings. The molecule has 10 heteroatoms. The van der Waals surface area contributed by atoms with Crippen LogP contribution in [0.25, 0.3) is 22.2 Å². The molecule has 0 atom stereocenters. The number of aromatic nitrogens is 1. The monoisotopic (exact) mass is 482 g/mol. The van der Waals surface area contributed by atoms with Gasteiger partial charge in [-0.25, -0.2) is 4.98 Å². The van der Waals surface area contributed by atoms with Crippen LogP contribution in [0.15, 0.2) is 65.4 Å². The van der Waals surface area contributed by atoms with E-state index in [-0.39, 0.29) is 5.75 Å². The molecule has 172 valence electrons. The van der Waals surface area contributed by atoms with E-state index in [1.807, 2.05) is 22.9 Å². The Balaban J connectivity index is 1.57. The number of ether oxygens (including phenoxy) is 1. The first-order valence-electron chi connectivity index (χ1n) is 9.67. The summed E-state index contributed by atoms with van der Waals surface area (Å²) < 4.78 is 79.8. The molecule has 4 rings (SSSR count). The highest BCUT2D eigenvalue weighted by Crippen LogP contribution is 2.31. The van der Waals surface area contributed by atoms with E-state index >= 15 is 0 Å². The van der Waals surface area contributed by atoms with Gasteiger partial charge >= 0.3 is 12.5 Å². The number of alkyl halides is 6. The smallest absolute Gasteiger partial charge is 0.406 e. The predicted octanol–water partition coefficient (Wildman–Crippen LogP) is 7.17. The normalized spacial score (nSPS) is 12.3. The van der Waals surface area contributed by atoms with Crippen LogP contribution in [-0.4, -0.2) is 11.3 Å². The Hall–Kier alpha value is -3.11. The number of benzene rings is 2. The molecule has 2 heterocycles. The van der Waals surface area contributed by atoms with Gasteiger partial charge in [-0.3, -0.25) is 0 Å². The zero-order valence-electron chi connectivity index (χ0n) is 16.8. The van der Waals surface area contributed by atoms with E-state index in [2.05, 4.69) is 15.0 Å². The van der Waals surface area contributed by atoms with Crippen LogP contribution in [0, 0.1) is 0 Å². The van der Waals surface area contributed by atoms with Gasteiger partial charge < -0.3 is 10.1 Å². The van der Waals surface area contributed by atoms with Crippen molar-refractivity contribution in [2.24, 2.45) is 0 Å². The van der Waals surface area contributed by atoms with E-state index in [9.17, 15) is 26.3 Å². The predicted molar refractivity (Wildman–Crippen MR) is 114 cm³/mol. The van der Waals surface area contributed by atoms with Crippen molar-refractivity contribution in [3.05, 3.63) is 82.0 Å². The van der Waals surface area contributed by atoms with Crippen LogP contribution in [0.1, 0.15) is 16.7 Å². The average molecular weight is 482 g/mol. The van der Waals surface area contributed by atoms with Crippen molar-refractivity contribution in [1.29, 1.82) is 0 Å². The van der Waals surface area contributed by atoms with Crippen LogP contribution in [-0.2, 0) is 19.3 Å². The maximum absolute atomic E-state index is 12.7. The summed E-state index contributed by atoms with van der Waals surface area (Å²) >= 11 is 1.46. The SMILES string of the molecule is FC(F)(F)Oc1ccc2cc(CNCc3ccc(C(F)(F)F)cc3)c(-c3ccsc3)nc2c1. The summed E-state index contributed by atoms with van der Waals surface area (Å²) in [5.41, 5.74) is 2.55. The third kappa shape index (κ3) is 5.82. The molecule has 33 heavy (non-hydrogen) atoms. The van der Waals surface area contributed by atoms with E-state index in [1.165, 1.54) is 41.7 Å². The largest absolute Gasteiger partial charge is 0.573 e. The van der Waals surface area contributed by atoms with Crippen LogP contribution >= 0.6 is 11.3 Å². The molecular formula is C23H16F6N2OS. The zero-order chi connectivity index (χ0) is 23.6. The van der Waals surface area contributed by atoms with Gasteiger partial charge in [0.05, 0.1) is 16.8 Å². The summed E-state index contributed by atoms with van der Waals surface area (Å²) in [4.78, 5) is 4.57. The number of hydrogen-bond acceptors (Lipinski definition) is 4. The number of pyridine rings is 1. The molecule has 0 amide bonds. The van der Waals surface area contributed by atoms with Gasteiger partial charge in [0, 0.05) is 35.5 Å². The second-order valence-corrected chi connectivity index (χ2v) is 7.99. The average Bonchev–Trinajstić information content (AvgIpc) is 3.26. The van der Waals surface area contributed by atoms with Crippen molar-refractivity contribution in [1.82, 2.24) is 10.3 Å². The molecule has 0 spiro atoms. The maximum atomic E-state index is 12.7. The van der Waals surface area contributed by atoms with Gasteiger partial charge in [-0.05, 0) is 52.9 Å². The second-order valence-electron chi connectivity index (χ2n) is 7.21. The van der Waals surface area contributed by atoms with E-state index in [0.29, 0.717) is 35.2 Å². The number of fused-ring (bicyclic) bond motifs is 1. The number of nitrogens with one attached hydrogen (secondary N) is 1. The van der Waals surface area contributed by atoms with Gasteiger partial charge in [-0.2, -0.15) is 24.5 Å². The molecule has 3 nitrogen and oxygen atoms in total. The van der Waals surface area contributed by atoms with E-state index in [4.69, 9.17) is 0 Å². The molecule has 1 N–H and O–H groups in total. The summed E-state index contributed by atoms with van der Waals surface area (Å²) in [7, 11) is 0. The summed E-state index contributed by atoms with van der Waals surface area (Å²) in [6.45, 7) is 0.688. The molecule has 0 unspecified atom stereocenters. The third-order valence-electron chi connectivity index (χ3n) is 4.82. The summed E-state index contributed by atoms with van der Waals surface area (Å²) in [6.07, 6.45) is -9.19. The van der Waals surface area contributed by atoms with Crippen molar-refractivity contribution in [3.63, 3.8) is 0 Å². The number of hydrogen-bond donors (Lipinski definition) is 1. The van der Waals surface area contributed by atoms with Crippen molar-refractivity contribution < 1.29 is 31.1 Å². The minimum absolute atomic E-state index is 0.331. The summed E-state index contributed by atoms with van der Waals surface area (Å²) in [6, 6.07) is 12.5. The molecule has 2 aromatic carbocycles. The highest BCUT2D eigenvalue weighted by atomic mass is 32.1. The number of nitrogens with zero attached hydrogens (tertiary/aromatic N) is 1. The van der Waals surface area contributed by atoms with Crippen molar-refractivity contribution >= 4 is 22.2 Å². The highest BCUT2D eigenvalue weighted by molar-refractivity contribution is 7.08. The van der Waals surface area contributed by atoms with Gasteiger partial charge in [0.25, 0.3) is 0 Å². The number of thiophene rings is 1. The van der Waals surface area contributed by atoms with Crippen molar-refractivity contribution in [2.75, 3.05) is 0 Å². The molecule has 0 radical (unpaired) electrons. The molecule has 0 aliphatic carbocycles. The fourth-order valence-electron chi connectivity index (χ4n) is 3.32. The first-order chi connectivity index (χ1) is 15.6. The minimum Gasteiger partial charge on any atom is -0.406 e. The lowest BCUT2D eigenvalue weighted by Gasteiger charge is -2.13. The van der Waals surface area contributed by atoms with E-state index in [1.54, 1.807) is 0 Å². The zero-order valence-corrected chi connectivity index (χ0v) is 17.6. The van der Waals surface area contributed by atoms with E-state index in [0.717, 1.165) is 23.3 Å². The number of rotatable bonds is 6. The fraction of sp³-hybridized carbons (Fsp3) is 0.174. The lowest BCUT2D eigenvalue weighted by Crippen LogP contribution is -2.17. The maximum Gasteiger partial charge on any atom is 0.573 e. The molecule has 2 aromatic heterocycles. The lowest BCUT2D eigenvalue weighted by molar-refractivity contribution is -0.274. The van der Waals surface area contributed by atoms with Gasteiger partial charge in [0.1, 0.15) is 5.75 Å². The molecule has 0 saturated heterocycles. The van der Waals surface area contributed by atoms with Gasteiger partial charge in [0.2, 0.25) is 0 Å². The highest BCUT2D eigenvalue weighted by Gasteiger charge is 2.31. The Labute approximate surface area is 188 Å². The number of halogens is 6. The van der Waals surface area contributed by atoms with Crippen molar-refractivity contribution in [3.8, 4) is 17.0 Å². The Kier molecular flexibility index (Phi) is 6.31. The fourth-order valence-corrected chi connectivity index (χ4v) is 3.97. The third-order valence-corrected chi connectivity index (χ3v) is 5.51. The van der Waals surface area contributed by atoms with Crippen LogP contribution in [0.5, 0.6) is 5.75 Å². The molecule has 0 aliphatic rings. The van der Waals surface area contributed by atoms with Gasteiger partial charge in [0.15, 0.2) is 0 Å². The first-order valence-corrected chi connectivity index (χ1v) is 10.6. The Morgan fingerprint density at radius 2 is 1.64 bits per heavy atom. The quantitative estimate of drug-likeness (QED) is 0.296. The Bertz CT molecular complexity index is 1240. The topological polar surface area (TPSA) is 34.1 Å². The standard InChI is InChI=1S/C23H16F6N2OS/c24-22(25,26)18-4-1-14(2-5-18)11-30-12-17-9-15-3-6-19(32-23(27,28)29)10-20(15)31-21(17)16-7-8-33-13-16/h1-10,13,30H,11-12H2. The van der Waals surface area contributed by atoms with Crippen LogP contribution in [0.4, 0.5) is 26.3 Å². The molecule has 4 aromatic rings. The molecule has 0 aliphatic heterocycles. The van der Waals surface area contributed by atoms with Crippen LogP contribution in [0.2, 0.25) is 0 Å². The minimum atomic E-state index is -4.80. The first kappa shape index (κ1) is 23.1. The van der Waals surface area contributed by atoms with Crippen LogP contribution < -0.4 is 10.1 Å². The van der Waals surface area contributed by atoms with Gasteiger partial charge in [-0.15, -0.1) is 13.2 Å². The Morgan fingerprint density at radius 3 is 2.27 bits per heavy atom.